The summed E-state index contributed by atoms with van der Waals surface area (Å²) in [6, 6.07) is 12.3. The minimum atomic E-state index is -0.750. The molecule has 1 aliphatic heterocycles. The number of morpholine rings is 1. The van der Waals surface area contributed by atoms with Crippen LogP contribution < -0.4 is 4.74 Å². The maximum absolute atomic E-state index is 14.0. The van der Waals surface area contributed by atoms with Crippen molar-refractivity contribution in [3.63, 3.8) is 0 Å². The van der Waals surface area contributed by atoms with Gasteiger partial charge < -0.3 is 33.2 Å². The van der Waals surface area contributed by atoms with Crippen molar-refractivity contribution in [1.82, 2.24) is 9.80 Å². The number of carbonyl (C=O) groups is 2. The van der Waals surface area contributed by atoms with E-state index in [0.29, 0.717) is 26.3 Å². The number of furan rings is 1. The van der Waals surface area contributed by atoms with Crippen molar-refractivity contribution in [2.24, 2.45) is 0 Å². The van der Waals surface area contributed by atoms with Gasteiger partial charge in [-0.25, -0.2) is 4.79 Å². The fourth-order valence-electron chi connectivity index (χ4n) is 5.21. The zero-order chi connectivity index (χ0) is 29.0. The van der Waals surface area contributed by atoms with Crippen LogP contribution in [0.25, 0.3) is 21.9 Å². The molecule has 0 spiro atoms. The summed E-state index contributed by atoms with van der Waals surface area (Å²) < 4.78 is 28.4. The molecule has 1 saturated carbocycles. The number of carbonyl (C=O) groups excluding carboxylic acids is 2. The normalized spacial score (nSPS) is 17.5. The Balaban J connectivity index is 1.45. The SMILES string of the molecule is COCCCOc1cc(CN(C(=O)[C@H]2CN(C(=O)OC(C)(C)C)CCO2)C2CC2)c(-c2ccoc2)c2ccccc12. The van der Waals surface area contributed by atoms with Gasteiger partial charge in [-0.1, -0.05) is 24.3 Å². The molecule has 2 aliphatic rings. The van der Waals surface area contributed by atoms with E-state index in [0.717, 1.165) is 52.5 Å². The van der Waals surface area contributed by atoms with Crippen LogP contribution >= 0.6 is 0 Å². The molecule has 1 atom stereocenters. The van der Waals surface area contributed by atoms with Crippen molar-refractivity contribution >= 4 is 22.8 Å². The van der Waals surface area contributed by atoms with Crippen molar-refractivity contribution in [3.8, 4) is 16.9 Å². The molecule has 220 valence electrons. The van der Waals surface area contributed by atoms with Crippen molar-refractivity contribution < 1.29 is 33.0 Å². The number of hydrogen-bond donors (Lipinski definition) is 0. The van der Waals surface area contributed by atoms with Crippen LogP contribution in [-0.2, 0) is 25.5 Å². The molecule has 2 fully saturated rings. The molecular formula is C32H40N2O7. The molecule has 3 aromatic rings. The fraction of sp³-hybridized carbons (Fsp3) is 0.500. The summed E-state index contributed by atoms with van der Waals surface area (Å²) in [6.45, 7) is 7.85. The maximum Gasteiger partial charge on any atom is 0.410 e. The number of hydrogen-bond acceptors (Lipinski definition) is 7. The van der Waals surface area contributed by atoms with E-state index in [4.69, 9.17) is 23.4 Å². The lowest BCUT2D eigenvalue weighted by molar-refractivity contribution is -0.150. The number of methoxy groups -OCH3 is 1. The molecule has 2 heterocycles. The number of amides is 2. The first-order valence-electron chi connectivity index (χ1n) is 14.3. The minimum Gasteiger partial charge on any atom is -0.493 e. The highest BCUT2D eigenvalue weighted by Gasteiger charge is 2.40. The maximum atomic E-state index is 14.0. The van der Waals surface area contributed by atoms with Crippen LogP contribution in [0, 0.1) is 0 Å². The molecule has 0 N–H and O–H groups in total. The summed E-state index contributed by atoms with van der Waals surface area (Å²) in [7, 11) is 1.68. The predicted octanol–water partition coefficient (Wildman–Crippen LogP) is 5.64. The van der Waals surface area contributed by atoms with Crippen LogP contribution in [0.15, 0.2) is 53.3 Å². The Morgan fingerprint density at radius 2 is 1.88 bits per heavy atom. The first kappa shape index (κ1) is 29.0. The average Bonchev–Trinajstić information content (AvgIpc) is 3.66. The summed E-state index contributed by atoms with van der Waals surface area (Å²) in [6.07, 6.45) is 4.85. The number of rotatable bonds is 10. The van der Waals surface area contributed by atoms with E-state index >= 15 is 0 Å². The third-order valence-electron chi connectivity index (χ3n) is 7.25. The number of fused-ring (bicyclic) bond motifs is 1. The van der Waals surface area contributed by atoms with E-state index in [1.54, 1.807) is 24.5 Å². The second kappa shape index (κ2) is 12.5. The number of nitrogens with zero attached hydrogens (tertiary/aromatic N) is 2. The average molecular weight is 565 g/mol. The van der Waals surface area contributed by atoms with Gasteiger partial charge in [-0.3, -0.25) is 4.79 Å². The smallest absolute Gasteiger partial charge is 0.410 e. The van der Waals surface area contributed by atoms with Gasteiger partial charge in [0.2, 0.25) is 0 Å². The molecule has 2 aromatic carbocycles. The zero-order valence-corrected chi connectivity index (χ0v) is 24.4. The standard InChI is InChI=1S/C32H40N2O7/c1-32(2,3)41-31(36)33-13-17-40-28(20-33)30(35)34(24-10-11-24)19-23-18-27(39-15-7-14-37-4)25-8-5-6-9-26(25)29(23)22-12-16-38-21-22/h5-6,8-9,12,16,18,21,24,28H,7,10-11,13-15,17,19-20H2,1-4H3/t28-/m1/s1. The molecule has 2 amide bonds. The molecule has 5 rings (SSSR count). The molecule has 0 radical (unpaired) electrons. The Morgan fingerprint density at radius 3 is 2.56 bits per heavy atom. The predicted molar refractivity (Wildman–Crippen MR) is 155 cm³/mol. The summed E-state index contributed by atoms with van der Waals surface area (Å²) in [5.74, 6) is 0.654. The van der Waals surface area contributed by atoms with E-state index in [1.165, 1.54) is 0 Å². The van der Waals surface area contributed by atoms with E-state index in [1.807, 2.05) is 43.9 Å². The lowest BCUT2D eigenvalue weighted by Gasteiger charge is -2.36. The second-order valence-corrected chi connectivity index (χ2v) is 11.6. The van der Waals surface area contributed by atoms with Crippen LogP contribution in [0.3, 0.4) is 0 Å². The Hall–Kier alpha value is -3.56. The summed E-state index contributed by atoms with van der Waals surface area (Å²) in [4.78, 5) is 30.2. The van der Waals surface area contributed by atoms with Crippen LogP contribution in [0.2, 0.25) is 0 Å². The van der Waals surface area contributed by atoms with Crippen LogP contribution in [0.1, 0.15) is 45.6 Å². The van der Waals surface area contributed by atoms with Gasteiger partial charge in [0, 0.05) is 50.2 Å². The Bertz CT molecular complexity index is 1340. The van der Waals surface area contributed by atoms with Gasteiger partial charge in [-0.15, -0.1) is 0 Å². The highest BCUT2D eigenvalue weighted by molar-refractivity contribution is 6.01. The van der Waals surface area contributed by atoms with Gasteiger partial charge >= 0.3 is 6.09 Å². The Labute approximate surface area is 241 Å². The summed E-state index contributed by atoms with van der Waals surface area (Å²) in [5, 5.41) is 2.03. The highest BCUT2D eigenvalue weighted by Crippen LogP contribution is 2.40. The zero-order valence-electron chi connectivity index (χ0n) is 24.4. The number of benzene rings is 2. The topological polar surface area (TPSA) is 90.7 Å². The molecule has 1 aliphatic carbocycles. The summed E-state index contributed by atoms with van der Waals surface area (Å²) in [5.41, 5.74) is 2.30. The molecule has 9 nitrogen and oxygen atoms in total. The van der Waals surface area contributed by atoms with Crippen LogP contribution in [0.4, 0.5) is 4.79 Å². The quantitative estimate of drug-likeness (QED) is 0.294. The second-order valence-electron chi connectivity index (χ2n) is 11.6. The van der Waals surface area contributed by atoms with Gasteiger partial charge in [0.15, 0.2) is 6.10 Å². The third kappa shape index (κ3) is 7.02. The van der Waals surface area contributed by atoms with Crippen molar-refractivity contribution in [2.45, 2.75) is 64.3 Å². The molecular weight excluding hydrogens is 524 g/mol. The Kier molecular flexibility index (Phi) is 8.85. The molecule has 1 aromatic heterocycles. The molecule has 0 bridgehead atoms. The van der Waals surface area contributed by atoms with Gasteiger partial charge in [-0.05, 0) is 62.3 Å². The van der Waals surface area contributed by atoms with E-state index in [9.17, 15) is 9.59 Å². The molecule has 0 unspecified atom stereocenters. The van der Waals surface area contributed by atoms with Gasteiger partial charge in [0.25, 0.3) is 5.91 Å². The first-order valence-corrected chi connectivity index (χ1v) is 14.3. The largest absolute Gasteiger partial charge is 0.493 e. The van der Waals surface area contributed by atoms with Crippen LogP contribution in [0.5, 0.6) is 5.75 Å². The molecule has 41 heavy (non-hydrogen) atoms. The fourth-order valence-corrected chi connectivity index (χ4v) is 5.21. The van der Waals surface area contributed by atoms with Gasteiger partial charge in [-0.2, -0.15) is 0 Å². The van der Waals surface area contributed by atoms with Crippen molar-refractivity contribution in [3.05, 3.63) is 54.5 Å². The lowest BCUT2D eigenvalue weighted by Crippen LogP contribution is -2.53. The van der Waals surface area contributed by atoms with E-state index in [-0.39, 0.29) is 25.1 Å². The van der Waals surface area contributed by atoms with E-state index in [2.05, 4.69) is 18.2 Å². The Morgan fingerprint density at radius 1 is 1.10 bits per heavy atom. The highest BCUT2D eigenvalue weighted by atomic mass is 16.6. The van der Waals surface area contributed by atoms with E-state index < -0.39 is 17.8 Å². The van der Waals surface area contributed by atoms with Gasteiger partial charge in [0.05, 0.1) is 32.3 Å². The molecule has 1 saturated heterocycles. The minimum absolute atomic E-state index is 0.116. The molecule has 9 heteroatoms. The van der Waals surface area contributed by atoms with Crippen LogP contribution in [-0.4, -0.2) is 79.6 Å². The number of ether oxygens (including phenoxy) is 4. The lowest BCUT2D eigenvalue weighted by atomic mass is 9.93. The van der Waals surface area contributed by atoms with Gasteiger partial charge in [0.1, 0.15) is 11.4 Å². The monoisotopic (exact) mass is 564 g/mol. The third-order valence-corrected chi connectivity index (χ3v) is 7.25. The van der Waals surface area contributed by atoms with Crippen molar-refractivity contribution in [2.75, 3.05) is 40.0 Å². The van der Waals surface area contributed by atoms with Crippen molar-refractivity contribution in [1.29, 1.82) is 0 Å². The first-order chi connectivity index (χ1) is 19.7. The summed E-state index contributed by atoms with van der Waals surface area (Å²) >= 11 is 0.